The third kappa shape index (κ3) is 1.12. The lowest BCUT2D eigenvalue weighted by Crippen LogP contribution is -2.15. The molecule has 0 aromatic heterocycles. The van der Waals surface area contributed by atoms with Gasteiger partial charge in [0.2, 0.25) is 0 Å². The second kappa shape index (κ2) is 1.78. The molecule has 0 aliphatic carbocycles. The monoisotopic (exact) mass is 102 g/mol. The molecule has 1 aliphatic heterocycles. The van der Waals surface area contributed by atoms with Crippen molar-refractivity contribution in [3.8, 4) is 0 Å². The van der Waals surface area contributed by atoms with Crippen molar-refractivity contribution in [3.63, 3.8) is 0 Å². The van der Waals surface area contributed by atoms with Crippen LogP contribution in [0, 0.1) is 0 Å². The Labute approximate surface area is 42.1 Å². The SMILES string of the molecule is [O]N1CCC(O)C1. The van der Waals surface area contributed by atoms with Gasteiger partial charge in [0.1, 0.15) is 0 Å². The topological polar surface area (TPSA) is 43.4 Å². The molecule has 1 N–H and O–H groups in total. The molecule has 1 unspecified atom stereocenters. The summed E-state index contributed by atoms with van der Waals surface area (Å²) in [4.78, 5) is 0. The Balaban J connectivity index is 2.26. The summed E-state index contributed by atoms with van der Waals surface area (Å²) >= 11 is 0. The molecule has 1 fully saturated rings. The van der Waals surface area contributed by atoms with E-state index in [0.717, 1.165) is 5.06 Å². The van der Waals surface area contributed by atoms with Crippen LogP contribution in [-0.2, 0) is 5.21 Å². The Morgan fingerprint density at radius 1 is 1.71 bits per heavy atom. The van der Waals surface area contributed by atoms with Gasteiger partial charge in [0.05, 0.1) is 12.6 Å². The van der Waals surface area contributed by atoms with Gasteiger partial charge in [-0.1, -0.05) is 0 Å². The molecule has 0 amide bonds. The molecule has 1 radical (unpaired) electrons. The smallest absolute Gasteiger partial charge is 0.0704 e. The van der Waals surface area contributed by atoms with Crippen molar-refractivity contribution in [2.24, 2.45) is 0 Å². The molecule has 0 saturated carbocycles. The molecule has 7 heavy (non-hydrogen) atoms. The number of hydrogen-bond donors (Lipinski definition) is 1. The first-order valence-electron chi connectivity index (χ1n) is 2.39. The molecule has 0 aromatic rings. The van der Waals surface area contributed by atoms with Crippen LogP contribution in [0.3, 0.4) is 0 Å². The molecule has 1 aliphatic rings. The average Bonchev–Trinajstić information content (AvgIpc) is 1.87. The molecule has 41 valence electrons. The molecule has 3 heteroatoms. The minimum Gasteiger partial charge on any atom is -0.392 e. The minimum atomic E-state index is -0.363. The molecular weight excluding hydrogens is 94.0 g/mol. The fraction of sp³-hybridized carbons (Fsp3) is 1.00. The predicted molar refractivity (Wildman–Crippen MR) is 22.9 cm³/mol. The zero-order chi connectivity index (χ0) is 5.28. The van der Waals surface area contributed by atoms with E-state index in [1.54, 1.807) is 0 Å². The van der Waals surface area contributed by atoms with Gasteiger partial charge in [-0.2, -0.15) is 5.06 Å². The van der Waals surface area contributed by atoms with Crippen LogP contribution in [0.5, 0.6) is 0 Å². The Hall–Kier alpha value is -0.120. The Morgan fingerprint density at radius 3 is 2.57 bits per heavy atom. The maximum atomic E-state index is 10.2. The van der Waals surface area contributed by atoms with Gasteiger partial charge in [0.15, 0.2) is 0 Å². The maximum absolute atomic E-state index is 10.2. The molecular formula is C4H8NO2. The highest BCUT2D eigenvalue weighted by Gasteiger charge is 2.18. The van der Waals surface area contributed by atoms with Gasteiger partial charge in [0, 0.05) is 6.54 Å². The first-order chi connectivity index (χ1) is 3.29. The van der Waals surface area contributed by atoms with E-state index >= 15 is 0 Å². The van der Waals surface area contributed by atoms with E-state index in [1.807, 2.05) is 0 Å². The summed E-state index contributed by atoms with van der Waals surface area (Å²) in [6.07, 6.45) is 0.279. The van der Waals surface area contributed by atoms with Crippen molar-refractivity contribution in [3.05, 3.63) is 0 Å². The fourth-order valence-electron chi connectivity index (χ4n) is 0.711. The van der Waals surface area contributed by atoms with Gasteiger partial charge in [-0.05, 0) is 6.42 Å². The third-order valence-corrected chi connectivity index (χ3v) is 1.13. The van der Waals surface area contributed by atoms with E-state index < -0.39 is 0 Å². The highest BCUT2D eigenvalue weighted by atomic mass is 16.5. The summed E-state index contributed by atoms with van der Waals surface area (Å²) in [6, 6.07) is 0. The summed E-state index contributed by atoms with van der Waals surface area (Å²) in [6.45, 7) is 0.807. The highest BCUT2D eigenvalue weighted by molar-refractivity contribution is 4.66. The second-order valence-electron chi connectivity index (χ2n) is 1.83. The van der Waals surface area contributed by atoms with E-state index in [1.165, 1.54) is 0 Å². The third-order valence-electron chi connectivity index (χ3n) is 1.13. The van der Waals surface area contributed by atoms with Gasteiger partial charge in [0.25, 0.3) is 0 Å². The summed E-state index contributed by atoms with van der Waals surface area (Å²) in [5, 5.41) is 19.7. The Morgan fingerprint density at radius 2 is 2.43 bits per heavy atom. The average molecular weight is 102 g/mol. The van der Waals surface area contributed by atoms with Crippen LogP contribution in [0.4, 0.5) is 0 Å². The number of hydrogen-bond acceptors (Lipinski definition) is 2. The largest absolute Gasteiger partial charge is 0.392 e. The molecule has 1 atom stereocenters. The van der Waals surface area contributed by atoms with Crippen LogP contribution in [0.2, 0.25) is 0 Å². The summed E-state index contributed by atoms with van der Waals surface area (Å²) < 4.78 is 0. The molecule has 1 saturated heterocycles. The first kappa shape index (κ1) is 5.03. The van der Waals surface area contributed by atoms with Crippen LogP contribution in [0.15, 0.2) is 0 Å². The van der Waals surface area contributed by atoms with Crippen LogP contribution >= 0.6 is 0 Å². The van der Waals surface area contributed by atoms with Crippen molar-refractivity contribution in [1.82, 2.24) is 5.06 Å². The fourth-order valence-corrected chi connectivity index (χ4v) is 0.711. The normalized spacial score (nSPS) is 34.3. The lowest BCUT2D eigenvalue weighted by molar-refractivity contribution is -0.143. The minimum absolute atomic E-state index is 0.306. The lowest BCUT2D eigenvalue weighted by Gasteiger charge is -1.97. The van der Waals surface area contributed by atoms with Crippen LogP contribution < -0.4 is 0 Å². The Kier molecular flexibility index (Phi) is 1.27. The van der Waals surface area contributed by atoms with E-state index in [9.17, 15) is 5.21 Å². The second-order valence-corrected chi connectivity index (χ2v) is 1.83. The quantitative estimate of drug-likeness (QED) is 0.443. The standard InChI is InChI=1S/C4H8NO2/c6-4-1-2-5(7)3-4/h4,6H,1-3H2. The van der Waals surface area contributed by atoms with Crippen LogP contribution in [0.1, 0.15) is 6.42 Å². The molecule has 3 nitrogen and oxygen atoms in total. The highest BCUT2D eigenvalue weighted by Crippen LogP contribution is 2.04. The number of nitrogens with zero attached hydrogens (tertiary/aromatic N) is 1. The summed E-state index contributed by atoms with van der Waals surface area (Å²) in [7, 11) is 0. The van der Waals surface area contributed by atoms with Crippen molar-refractivity contribution in [2.45, 2.75) is 12.5 Å². The van der Waals surface area contributed by atoms with Gasteiger partial charge < -0.3 is 5.11 Å². The van der Waals surface area contributed by atoms with Gasteiger partial charge in [-0.15, -0.1) is 5.21 Å². The van der Waals surface area contributed by atoms with Crippen LogP contribution in [-0.4, -0.2) is 29.4 Å². The van der Waals surface area contributed by atoms with E-state index in [2.05, 4.69) is 0 Å². The zero-order valence-electron chi connectivity index (χ0n) is 4.00. The molecule has 0 spiro atoms. The van der Waals surface area contributed by atoms with Crippen molar-refractivity contribution in [2.75, 3.05) is 13.1 Å². The first-order valence-corrected chi connectivity index (χ1v) is 2.39. The van der Waals surface area contributed by atoms with E-state index in [-0.39, 0.29) is 6.10 Å². The predicted octanol–water partition coefficient (Wildman–Crippen LogP) is -0.601. The number of rotatable bonds is 0. The van der Waals surface area contributed by atoms with E-state index in [0.29, 0.717) is 19.5 Å². The summed E-state index contributed by atoms with van der Waals surface area (Å²) in [5.41, 5.74) is 0. The number of β-amino-alcohol motifs (C(OH)–C–C–N with tert-alkyl or cyclic N) is 1. The molecule has 0 bridgehead atoms. The molecule has 1 heterocycles. The van der Waals surface area contributed by atoms with Gasteiger partial charge >= 0.3 is 0 Å². The molecule has 1 rings (SSSR count). The van der Waals surface area contributed by atoms with Crippen molar-refractivity contribution >= 4 is 0 Å². The van der Waals surface area contributed by atoms with Crippen molar-refractivity contribution < 1.29 is 10.3 Å². The van der Waals surface area contributed by atoms with Gasteiger partial charge in [-0.3, -0.25) is 0 Å². The lowest BCUT2D eigenvalue weighted by atomic mass is 10.3. The zero-order valence-corrected chi connectivity index (χ0v) is 4.00. The summed E-state index contributed by atoms with van der Waals surface area (Å²) in [5.74, 6) is 0. The Bertz CT molecular complexity index is 58.7. The van der Waals surface area contributed by atoms with Crippen LogP contribution in [0.25, 0.3) is 0 Å². The number of hydroxylamine groups is 2. The molecule has 0 aromatic carbocycles. The number of aliphatic hydroxyl groups is 1. The maximum Gasteiger partial charge on any atom is 0.0704 e. The van der Waals surface area contributed by atoms with Gasteiger partial charge in [-0.25, -0.2) is 0 Å². The van der Waals surface area contributed by atoms with Crippen molar-refractivity contribution in [1.29, 1.82) is 0 Å². The number of aliphatic hydroxyl groups excluding tert-OH is 1. The van der Waals surface area contributed by atoms with E-state index in [4.69, 9.17) is 5.11 Å².